The third kappa shape index (κ3) is 4.38. The highest BCUT2D eigenvalue weighted by atomic mass is 15.1. The summed E-state index contributed by atoms with van der Waals surface area (Å²) >= 11 is 0. The van der Waals surface area contributed by atoms with E-state index in [9.17, 15) is 0 Å². The molecule has 0 amide bonds. The van der Waals surface area contributed by atoms with Gasteiger partial charge in [0.2, 0.25) is 0 Å². The normalized spacial score (nSPS) is 18.0. The maximum absolute atomic E-state index is 2.30. The summed E-state index contributed by atoms with van der Waals surface area (Å²) in [4.78, 5) is 4.41. The van der Waals surface area contributed by atoms with Gasteiger partial charge < -0.3 is 9.80 Å². The molecule has 110 valence electrons. The van der Waals surface area contributed by atoms with Crippen LogP contribution in [-0.4, -0.2) is 31.6 Å². The zero-order valence-corrected chi connectivity index (χ0v) is 13.1. The van der Waals surface area contributed by atoms with Crippen molar-refractivity contribution in [1.29, 1.82) is 0 Å². The summed E-state index contributed by atoms with van der Waals surface area (Å²) in [6.45, 7) is 3.19. The second kappa shape index (κ2) is 7.53. The van der Waals surface area contributed by atoms with E-state index in [2.05, 4.69) is 104 Å². The van der Waals surface area contributed by atoms with Gasteiger partial charge in [0.05, 0.1) is 6.04 Å². The van der Waals surface area contributed by atoms with Crippen molar-refractivity contribution < 1.29 is 0 Å². The van der Waals surface area contributed by atoms with Crippen LogP contribution in [-0.2, 0) is 0 Å². The third-order valence-electron chi connectivity index (χ3n) is 3.56. The summed E-state index contributed by atoms with van der Waals surface area (Å²) < 4.78 is 0. The lowest BCUT2D eigenvalue weighted by atomic mass is 10.1. The molecule has 0 spiro atoms. The Bertz CT molecular complexity index is 547. The van der Waals surface area contributed by atoms with Gasteiger partial charge in [0, 0.05) is 26.3 Å². The lowest BCUT2D eigenvalue weighted by Gasteiger charge is -2.26. The smallest absolute Gasteiger partial charge is 0.0657 e. The Balaban J connectivity index is 1.94. The molecule has 1 aliphatic heterocycles. The molecule has 0 N–H and O–H groups in total. The van der Waals surface area contributed by atoms with Crippen molar-refractivity contribution >= 4 is 11.8 Å². The van der Waals surface area contributed by atoms with Crippen LogP contribution in [0.4, 0.5) is 5.69 Å². The number of benzene rings is 1. The summed E-state index contributed by atoms with van der Waals surface area (Å²) in [6, 6.07) is 8.91. The minimum atomic E-state index is 0.362. The van der Waals surface area contributed by atoms with Crippen LogP contribution < -0.4 is 4.90 Å². The Kier molecular flexibility index (Phi) is 5.44. The Morgan fingerprint density at radius 1 is 1.10 bits per heavy atom. The van der Waals surface area contributed by atoms with Crippen LogP contribution in [0.5, 0.6) is 0 Å². The fourth-order valence-electron chi connectivity index (χ4n) is 2.27. The van der Waals surface area contributed by atoms with Crippen molar-refractivity contribution in [2.24, 2.45) is 0 Å². The van der Waals surface area contributed by atoms with Crippen molar-refractivity contribution in [1.82, 2.24) is 4.90 Å². The third-order valence-corrected chi connectivity index (χ3v) is 3.56. The van der Waals surface area contributed by atoms with Crippen LogP contribution in [0.3, 0.4) is 0 Å². The van der Waals surface area contributed by atoms with Gasteiger partial charge in [-0.1, -0.05) is 48.6 Å². The summed E-state index contributed by atoms with van der Waals surface area (Å²) in [5.41, 5.74) is 2.44. The molecule has 2 rings (SSSR count). The fraction of sp³-hybridized carbons (Fsp3) is 0.263. The van der Waals surface area contributed by atoms with Gasteiger partial charge in [0.25, 0.3) is 0 Å². The molecule has 0 saturated carbocycles. The highest BCUT2D eigenvalue weighted by Gasteiger charge is 2.07. The van der Waals surface area contributed by atoms with E-state index < -0.39 is 0 Å². The Morgan fingerprint density at radius 3 is 2.52 bits per heavy atom. The van der Waals surface area contributed by atoms with E-state index in [4.69, 9.17) is 0 Å². The maximum atomic E-state index is 2.30. The summed E-state index contributed by atoms with van der Waals surface area (Å²) in [7, 11) is 4.11. The summed E-state index contributed by atoms with van der Waals surface area (Å²) in [5, 5.41) is 0. The first kappa shape index (κ1) is 15.2. The van der Waals surface area contributed by atoms with E-state index in [1.165, 1.54) is 11.3 Å². The average molecular weight is 280 g/mol. The molecule has 21 heavy (non-hydrogen) atoms. The molecule has 1 aromatic rings. The Labute approximate surface area is 128 Å². The molecule has 0 fully saturated rings. The summed E-state index contributed by atoms with van der Waals surface area (Å²) in [6.07, 6.45) is 17.1. The van der Waals surface area contributed by atoms with Crippen LogP contribution >= 0.6 is 0 Å². The average Bonchev–Trinajstić information content (AvgIpc) is 2.52. The molecule has 0 radical (unpaired) electrons. The quantitative estimate of drug-likeness (QED) is 0.749. The van der Waals surface area contributed by atoms with Crippen LogP contribution in [0, 0.1) is 0 Å². The zero-order valence-electron chi connectivity index (χ0n) is 13.1. The molecule has 2 nitrogen and oxygen atoms in total. The molecule has 1 aliphatic rings. The number of rotatable bonds is 5. The minimum Gasteiger partial charge on any atom is -0.378 e. The molecule has 0 bridgehead atoms. The first-order valence-corrected chi connectivity index (χ1v) is 7.43. The van der Waals surface area contributed by atoms with E-state index in [0.717, 1.165) is 6.54 Å². The van der Waals surface area contributed by atoms with Gasteiger partial charge in [0.15, 0.2) is 0 Å². The number of allylic oxidation sites excluding steroid dienone is 4. The Hall–Kier alpha value is -2.22. The number of hydrogen-bond acceptors (Lipinski definition) is 2. The molecule has 1 atom stereocenters. The maximum Gasteiger partial charge on any atom is 0.0657 e. The predicted molar refractivity (Wildman–Crippen MR) is 93.4 cm³/mol. The van der Waals surface area contributed by atoms with Gasteiger partial charge in [0.1, 0.15) is 0 Å². The Morgan fingerprint density at radius 2 is 1.86 bits per heavy atom. The highest BCUT2D eigenvalue weighted by Crippen LogP contribution is 2.13. The minimum absolute atomic E-state index is 0.362. The molecule has 0 saturated heterocycles. The monoisotopic (exact) mass is 280 g/mol. The molecular formula is C19H24N2. The molecule has 0 aromatic heterocycles. The largest absolute Gasteiger partial charge is 0.378 e. The van der Waals surface area contributed by atoms with Gasteiger partial charge in [-0.25, -0.2) is 0 Å². The van der Waals surface area contributed by atoms with Gasteiger partial charge in [-0.2, -0.15) is 0 Å². The van der Waals surface area contributed by atoms with Crippen molar-refractivity contribution in [3.05, 3.63) is 72.5 Å². The highest BCUT2D eigenvalue weighted by molar-refractivity contribution is 5.56. The molecule has 0 aliphatic carbocycles. The first-order valence-electron chi connectivity index (χ1n) is 7.43. The zero-order chi connectivity index (χ0) is 15.1. The van der Waals surface area contributed by atoms with Crippen molar-refractivity contribution in [3.8, 4) is 0 Å². The van der Waals surface area contributed by atoms with Gasteiger partial charge in [-0.3, -0.25) is 0 Å². The standard InChI is InChI=1S/C19H24N2/c1-4-21-16-8-7-11-19(21)10-6-5-9-17-12-14-18(15-13-17)20(2)3/h5-16,19H,4H2,1-3H3/b9-5+,10-6+. The van der Waals surface area contributed by atoms with Crippen LogP contribution in [0.15, 0.2) is 66.9 Å². The summed E-state index contributed by atoms with van der Waals surface area (Å²) in [5.74, 6) is 0. The topological polar surface area (TPSA) is 6.48 Å². The number of hydrogen-bond donors (Lipinski definition) is 0. The van der Waals surface area contributed by atoms with Crippen molar-refractivity contribution in [3.63, 3.8) is 0 Å². The number of likely N-dealkylation sites (N-methyl/N-ethyl adjacent to an activating group) is 1. The van der Waals surface area contributed by atoms with Crippen LogP contribution in [0.25, 0.3) is 6.08 Å². The number of anilines is 1. The second-order valence-electron chi connectivity index (χ2n) is 5.28. The van der Waals surface area contributed by atoms with Gasteiger partial charge >= 0.3 is 0 Å². The first-order chi connectivity index (χ1) is 10.2. The van der Waals surface area contributed by atoms with E-state index in [0.29, 0.717) is 6.04 Å². The molecule has 2 heteroatoms. The van der Waals surface area contributed by atoms with E-state index in [-0.39, 0.29) is 0 Å². The molecule has 1 heterocycles. The van der Waals surface area contributed by atoms with Crippen LogP contribution in [0.2, 0.25) is 0 Å². The van der Waals surface area contributed by atoms with E-state index in [1.807, 2.05) is 0 Å². The lowest BCUT2D eigenvalue weighted by Crippen LogP contribution is -2.28. The van der Waals surface area contributed by atoms with E-state index in [1.54, 1.807) is 0 Å². The number of nitrogens with zero attached hydrogens (tertiary/aromatic N) is 2. The lowest BCUT2D eigenvalue weighted by molar-refractivity contribution is 0.376. The fourth-order valence-corrected chi connectivity index (χ4v) is 2.27. The van der Waals surface area contributed by atoms with E-state index >= 15 is 0 Å². The van der Waals surface area contributed by atoms with Crippen molar-refractivity contribution in [2.45, 2.75) is 13.0 Å². The molecule has 1 unspecified atom stereocenters. The molecular weight excluding hydrogens is 256 g/mol. The van der Waals surface area contributed by atoms with Crippen LogP contribution in [0.1, 0.15) is 12.5 Å². The molecule has 1 aromatic carbocycles. The second-order valence-corrected chi connectivity index (χ2v) is 5.28. The van der Waals surface area contributed by atoms with Gasteiger partial charge in [-0.15, -0.1) is 0 Å². The van der Waals surface area contributed by atoms with Gasteiger partial charge in [-0.05, 0) is 36.9 Å². The predicted octanol–water partition coefficient (Wildman–Crippen LogP) is 4.10. The van der Waals surface area contributed by atoms with Crippen molar-refractivity contribution in [2.75, 3.05) is 25.5 Å². The SMILES string of the molecule is CCN1C=CC=CC1/C=C/C=C/c1ccc(N(C)C)cc1.